The van der Waals surface area contributed by atoms with Crippen LogP contribution in [0.4, 0.5) is 4.79 Å². The smallest absolute Gasteiger partial charge is 0.434 e. The lowest BCUT2D eigenvalue weighted by Crippen LogP contribution is -2.38. The number of hydrogen-bond donors (Lipinski definition) is 1. The fourth-order valence-corrected chi connectivity index (χ4v) is 1.49. The molecule has 0 aromatic carbocycles. The number of ether oxygens (including phenoxy) is 3. The van der Waals surface area contributed by atoms with Crippen molar-refractivity contribution in [3.63, 3.8) is 0 Å². The normalized spacial score (nSPS) is 14.9. The van der Waals surface area contributed by atoms with Crippen LogP contribution in [0.1, 0.15) is 62.3 Å². The first-order valence-corrected chi connectivity index (χ1v) is 8.32. The number of thiol groups is 1. The Labute approximate surface area is 141 Å². The summed E-state index contributed by atoms with van der Waals surface area (Å²) in [6.45, 7) is 18.4. The van der Waals surface area contributed by atoms with Gasteiger partial charge in [0.2, 0.25) is 0 Å². The molecule has 1 atom stereocenters. The minimum atomic E-state index is -0.642. The van der Waals surface area contributed by atoms with Crippen molar-refractivity contribution in [3.8, 4) is 0 Å². The molecular formula is C17H34O4S. The van der Waals surface area contributed by atoms with Crippen molar-refractivity contribution < 1.29 is 19.0 Å². The zero-order valence-corrected chi connectivity index (χ0v) is 16.5. The Kier molecular flexibility index (Phi) is 7.76. The largest absolute Gasteiger partial charge is 0.508 e. The van der Waals surface area contributed by atoms with Crippen LogP contribution in [0.2, 0.25) is 0 Å². The molecule has 0 aromatic heterocycles. The van der Waals surface area contributed by atoms with E-state index < -0.39 is 11.8 Å². The molecule has 0 aliphatic carbocycles. The molecular weight excluding hydrogens is 300 g/mol. The number of carbonyl (C=O) groups is 1. The Bertz CT molecular complexity index is 351. The molecule has 0 spiro atoms. The Morgan fingerprint density at radius 1 is 1.00 bits per heavy atom. The molecule has 0 saturated carbocycles. The van der Waals surface area contributed by atoms with Gasteiger partial charge in [0.05, 0.1) is 12.2 Å². The Hall–Kier alpha value is -0.420. The monoisotopic (exact) mass is 334 g/mol. The number of carbonyl (C=O) groups excluding carboxylic acids is 1. The highest BCUT2D eigenvalue weighted by molar-refractivity contribution is 7.81. The summed E-state index contributed by atoms with van der Waals surface area (Å²) < 4.78 is 16.2. The third kappa shape index (κ3) is 8.89. The van der Waals surface area contributed by atoms with Crippen LogP contribution in [0.15, 0.2) is 0 Å². The van der Waals surface area contributed by atoms with Crippen LogP contribution in [-0.4, -0.2) is 35.3 Å². The van der Waals surface area contributed by atoms with Gasteiger partial charge in [-0.3, -0.25) is 0 Å². The molecule has 22 heavy (non-hydrogen) atoms. The van der Waals surface area contributed by atoms with Crippen LogP contribution < -0.4 is 0 Å². The van der Waals surface area contributed by atoms with Crippen molar-refractivity contribution in [2.75, 3.05) is 13.2 Å². The van der Waals surface area contributed by atoms with Crippen LogP contribution >= 0.6 is 12.6 Å². The van der Waals surface area contributed by atoms with Crippen LogP contribution in [-0.2, 0) is 14.2 Å². The Balaban J connectivity index is 4.55. The average molecular weight is 335 g/mol. The van der Waals surface area contributed by atoms with E-state index >= 15 is 0 Å². The second kappa shape index (κ2) is 7.91. The van der Waals surface area contributed by atoms with Gasteiger partial charge >= 0.3 is 6.16 Å². The fourth-order valence-electron chi connectivity index (χ4n) is 1.34. The Morgan fingerprint density at radius 3 is 1.86 bits per heavy atom. The molecule has 0 aromatic rings. The highest BCUT2D eigenvalue weighted by Crippen LogP contribution is 2.27. The van der Waals surface area contributed by atoms with Gasteiger partial charge in [0, 0.05) is 10.7 Å². The van der Waals surface area contributed by atoms with E-state index in [9.17, 15) is 4.79 Å². The summed E-state index contributed by atoms with van der Waals surface area (Å²) in [6, 6.07) is 0. The van der Waals surface area contributed by atoms with E-state index in [0.717, 1.165) is 0 Å². The van der Waals surface area contributed by atoms with Gasteiger partial charge in [-0.1, -0.05) is 27.7 Å². The molecule has 0 aliphatic heterocycles. The molecule has 0 aliphatic rings. The predicted molar refractivity (Wildman–Crippen MR) is 93.6 cm³/mol. The maximum atomic E-state index is 11.9. The van der Waals surface area contributed by atoms with E-state index in [4.69, 9.17) is 14.2 Å². The van der Waals surface area contributed by atoms with Gasteiger partial charge in [-0.05, 0) is 40.5 Å². The van der Waals surface area contributed by atoms with Crippen molar-refractivity contribution in [2.45, 2.75) is 78.3 Å². The molecule has 5 heteroatoms. The second-order valence-electron chi connectivity index (χ2n) is 8.20. The molecule has 0 bridgehead atoms. The van der Waals surface area contributed by atoms with Crippen LogP contribution in [0, 0.1) is 11.8 Å². The SMILES string of the molecule is CC(C)C(C)(C)OC(=O)OCC(COC(C)(C)C)C(C)(C)S. The fraction of sp³-hybridized carbons (Fsp3) is 0.941. The molecule has 0 amide bonds. The van der Waals surface area contributed by atoms with Crippen molar-refractivity contribution in [1.82, 2.24) is 0 Å². The van der Waals surface area contributed by atoms with Crippen LogP contribution in [0.3, 0.4) is 0 Å². The first-order valence-electron chi connectivity index (χ1n) is 7.87. The summed E-state index contributed by atoms with van der Waals surface area (Å²) in [6.07, 6.45) is -0.642. The third-order valence-electron chi connectivity index (χ3n) is 3.86. The van der Waals surface area contributed by atoms with Crippen molar-refractivity contribution in [2.24, 2.45) is 11.8 Å². The Morgan fingerprint density at radius 2 is 1.50 bits per heavy atom. The first kappa shape index (κ1) is 21.6. The molecule has 0 N–H and O–H groups in total. The summed E-state index contributed by atoms with van der Waals surface area (Å²) in [5.41, 5.74) is -0.789. The van der Waals surface area contributed by atoms with Gasteiger partial charge in [-0.25, -0.2) is 4.79 Å². The minimum Gasteiger partial charge on any atom is -0.434 e. The van der Waals surface area contributed by atoms with E-state index in [1.165, 1.54) is 0 Å². The minimum absolute atomic E-state index is 0.0234. The van der Waals surface area contributed by atoms with Crippen molar-refractivity contribution in [1.29, 1.82) is 0 Å². The molecule has 0 saturated heterocycles. The van der Waals surface area contributed by atoms with E-state index in [-0.39, 0.29) is 28.8 Å². The first-order chi connectivity index (χ1) is 9.65. The van der Waals surface area contributed by atoms with E-state index in [1.54, 1.807) is 0 Å². The van der Waals surface area contributed by atoms with Gasteiger partial charge in [0.25, 0.3) is 0 Å². The topological polar surface area (TPSA) is 44.8 Å². The summed E-state index contributed by atoms with van der Waals surface area (Å²) >= 11 is 4.59. The molecule has 4 nitrogen and oxygen atoms in total. The lowest BCUT2D eigenvalue weighted by molar-refractivity contribution is -0.0624. The van der Waals surface area contributed by atoms with Crippen LogP contribution in [0.25, 0.3) is 0 Å². The van der Waals surface area contributed by atoms with E-state index in [0.29, 0.717) is 6.61 Å². The van der Waals surface area contributed by atoms with Crippen LogP contribution in [0.5, 0.6) is 0 Å². The maximum Gasteiger partial charge on any atom is 0.508 e. The van der Waals surface area contributed by atoms with E-state index in [1.807, 2.05) is 62.3 Å². The number of hydrogen-bond acceptors (Lipinski definition) is 5. The third-order valence-corrected chi connectivity index (χ3v) is 4.22. The standard InChI is InChI=1S/C17H34O4S/c1-12(2)16(6,7)21-14(18)19-10-13(17(8,9)22)11-20-15(3,4)5/h12-13,22H,10-11H2,1-9H3. The molecule has 0 radical (unpaired) electrons. The molecule has 1 unspecified atom stereocenters. The second-order valence-corrected chi connectivity index (χ2v) is 9.35. The zero-order chi connectivity index (χ0) is 17.8. The maximum absolute atomic E-state index is 11.9. The average Bonchev–Trinajstić information content (AvgIpc) is 2.24. The quantitative estimate of drug-likeness (QED) is 0.541. The zero-order valence-electron chi connectivity index (χ0n) is 15.6. The summed E-state index contributed by atoms with van der Waals surface area (Å²) in [5, 5.41) is 0. The number of rotatable bonds is 7. The highest BCUT2D eigenvalue weighted by Gasteiger charge is 2.31. The van der Waals surface area contributed by atoms with Crippen molar-refractivity contribution in [3.05, 3.63) is 0 Å². The molecule has 0 fully saturated rings. The summed E-state index contributed by atoms with van der Waals surface area (Å²) in [7, 11) is 0. The summed E-state index contributed by atoms with van der Waals surface area (Å²) in [5.74, 6) is 0.186. The molecule has 132 valence electrons. The van der Waals surface area contributed by atoms with Gasteiger partial charge in [0.1, 0.15) is 12.2 Å². The van der Waals surface area contributed by atoms with Gasteiger partial charge in [0.15, 0.2) is 0 Å². The van der Waals surface area contributed by atoms with Crippen molar-refractivity contribution >= 4 is 18.8 Å². The van der Waals surface area contributed by atoms with Gasteiger partial charge in [-0.2, -0.15) is 12.6 Å². The highest BCUT2D eigenvalue weighted by atomic mass is 32.1. The van der Waals surface area contributed by atoms with E-state index in [2.05, 4.69) is 12.6 Å². The molecule has 0 heterocycles. The molecule has 0 rings (SSSR count). The summed E-state index contributed by atoms with van der Waals surface area (Å²) in [4.78, 5) is 11.9. The predicted octanol–water partition coefficient (Wildman–Crippen LogP) is 4.71. The van der Waals surface area contributed by atoms with Gasteiger partial charge < -0.3 is 14.2 Å². The van der Waals surface area contributed by atoms with Gasteiger partial charge in [-0.15, -0.1) is 0 Å². The lowest BCUT2D eigenvalue weighted by Gasteiger charge is -2.33. The lowest BCUT2D eigenvalue weighted by atomic mass is 9.95.